The fourth-order valence-corrected chi connectivity index (χ4v) is 4.19. The molecule has 4 rings (SSSR count). The number of halogens is 1. The molecule has 0 radical (unpaired) electrons. The molecule has 5 nitrogen and oxygen atoms in total. The molecule has 144 valence electrons. The second kappa shape index (κ2) is 7.80. The van der Waals surface area contributed by atoms with Crippen molar-refractivity contribution >= 4 is 38.9 Å². The van der Waals surface area contributed by atoms with E-state index in [1.165, 1.54) is 0 Å². The summed E-state index contributed by atoms with van der Waals surface area (Å²) in [7, 11) is 0. The summed E-state index contributed by atoms with van der Waals surface area (Å²) in [5, 5.41) is 3.41. The van der Waals surface area contributed by atoms with E-state index in [2.05, 4.69) is 38.8 Å². The quantitative estimate of drug-likeness (QED) is 0.538. The van der Waals surface area contributed by atoms with Crippen LogP contribution in [0.2, 0.25) is 0 Å². The normalized spacial score (nSPS) is 16.0. The first kappa shape index (κ1) is 18.7. The van der Waals surface area contributed by atoms with Crippen LogP contribution in [0.5, 0.6) is 0 Å². The fraction of sp³-hybridized carbons (Fsp3) is 0.273. The van der Waals surface area contributed by atoms with Gasteiger partial charge >= 0.3 is 5.97 Å². The molecular weight excluding hydrogens is 418 g/mol. The number of hydrogen-bond donors (Lipinski definition) is 1. The Balaban J connectivity index is 2.00. The number of allylic oxidation sites excluding steroid dienone is 1. The highest BCUT2D eigenvalue weighted by atomic mass is 79.9. The van der Waals surface area contributed by atoms with E-state index < -0.39 is 0 Å². The van der Waals surface area contributed by atoms with Crippen LogP contribution >= 0.6 is 15.9 Å². The van der Waals surface area contributed by atoms with Crippen molar-refractivity contribution in [3.05, 3.63) is 69.8 Å². The van der Waals surface area contributed by atoms with Gasteiger partial charge in [-0.2, -0.15) is 0 Å². The highest BCUT2D eigenvalue weighted by Crippen LogP contribution is 2.41. The maximum absolute atomic E-state index is 13.1. The molecule has 0 saturated heterocycles. The maximum atomic E-state index is 13.1. The minimum atomic E-state index is -0.304. The second-order valence-corrected chi connectivity index (χ2v) is 7.66. The lowest BCUT2D eigenvalue weighted by Gasteiger charge is -2.31. The van der Waals surface area contributed by atoms with Gasteiger partial charge in [0.15, 0.2) is 0 Å². The van der Waals surface area contributed by atoms with Crippen molar-refractivity contribution in [2.24, 2.45) is 0 Å². The van der Waals surface area contributed by atoms with Gasteiger partial charge < -0.3 is 10.1 Å². The van der Waals surface area contributed by atoms with Crippen LogP contribution < -0.4 is 5.32 Å². The minimum absolute atomic E-state index is 0.285. The number of carbonyl (C=O) groups excluding carboxylic acids is 1. The van der Waals surface area contributed by atoms with E-state index in [1.807, 2.05) is 49.4 Å². The SMILES string of the molecule is CCCC1=C(C(=O)OCC)[C@H](c2cccc(Br)c2)n2c(nc3ccccc32)N1. The van der Waals surface area contributed by atoms with Crippen molar-refractivity contribution in [2.45, 2.75) is 32.7 Å². The third-order valence-electron chi connectivity index (χ3n) is 4.88. The van der Waals surface area contributed by atoms with Gasteiger partial charge in [0, 0.05) is 10.2 Å². The molecule has 1 aliphatic heterocycles. The number of hydrogen-bond acceptors (Lipinski definition) is 4. The van der Waals surface area contributed by atoms with Crippen LogP contribution in [0.4, 0.5) is 5.95 Å². The maximum Gasteiger partial charge on any atom is 0.338 e. The number of rotatable bonds is 5. The number of nitrogens with one attached hydrogen (secondary N) is 1. The fourth-order valence-electron chi connectivity index (χ4n) is 3.77. The predicted molar refractivity (Wildman–Crippen MR) is 114 cm³/mol. The van der Waals surface area contributed by atoms with Gasteiger partial charge in [-0.3, -0.25) is 4.57 Å². The Morgan fingerprint density at radius 2 is 2.04 bits per heavy atom. The van der Waals surface area contributed by atoms with Gasteiger partial charge in [-0.05, 0) is 43.2 Å². The minimum Gasteiger partial charge on any atom is -0.463 e. The molecule has 1 atom stereocenters. The first-order chi connectivity index (χ1) is 13.6. The Morgan fingerprint density at radius 3 is 2.79 bits per heavy atom. The monoisotopic (exact) mass is 439 g/mol. The van der Waals surface area contributed by atoms with Gasteiger partial charge in [0.1, 0.15) is 0 Å². The first-order valence-corrected chi connectivity index (χ1v) is 10.3. The zero-order chi connectivity index (χ0) is 19.7. The van der Waals surface area contributed by atoms with Crippen LogP contribution in [0.3, 0.4) is 0 Å². The molecule has 0 fully saturated rings. The summed E-state index contributed by atoms with van der Waals surface area (Å²) in [6, 6.07) is 15.8. The summed E-state index contributed by atoms with van der Waals surface area (Å²) in [5.41, 5.74) is 4.42. The molecular formula is C22H22BrN3O2. The molecule has 1 aromatic heterocycles. The zero-order valence-electron chi connectivity index (χ0n) is 15.9. The number of nitrogens with zero attached hydrogens (tertiary/aromatic N) is 2. The number of imidazole rings is 1. The smallest absolute Gasteiger partial charge is 0.338 e. The van der Waals surface area contributed by atoms with E-state index in [0.717, 1.165) is 45.6 Å². The molecule has 1 aliphatic rings. The molecule has 0 bridgehead atoms. The van der Waals surface area contributed by atoms with Crippen molar-refractivity contribution in [2.75, 3.05) is 11.9 Å². The third kappa shape index (κ3) is 3.22. The number of carbonyl (C=O) groups is 1. The number of esters is 1. The van der Waals surface area contributed by atoms with Crippen molar-refractivity contribution in [3.63, 3.8) is 0 Å². The Bertz CT molecular complexity index is 1070. The highest BCUT2D eigenvalue weighted by Gasteiger charge is 2.35. The summed E-state index contributed by atoms with van der Waals surface area (Å²) in [5.74, 6) is 0.467. The summed E-state index contributed by atoms with van der Waals surface area (Å²) in [6.07, 6.45) is 1.67. The molecule has 0 saturated carbocycles. The number of aromatic nitrogens is 2. The number of ether oxygens (including phenoxy) is 1. The third-order valence-corrected chi connectivity index (χ3v) is 5.37. The van der Waals surface area contributed by atoms with Gasteiger partial charge in [-0.25, -0.2) is 9.78 Å². The van der Waals surface area contributed by atoms with Gasteiger partial charge in [0.05, 0.1) is 29.3 Å². The van der Waals surface area contributed by atoms with E-state index >= 15 is 0 Å². The summed E-state index contributed by atoms with van der Waals surface area (Å²) >= 11 is 3.57. The second-order valence-electron chi connectivity index (χ2n) is 6.74. The van der Waals surface area contributed by atoms with Gasteiger partial charge in [0.25, 0.3) is 0 Å². The van der Waals surface area contributed by atoms with Crippen molar-refractivity contribution in [1.82, 2.24) is 9.55 Å². The molecule has 1 N–H and O–H groups in total. The van der Waals surface area contributed by atoms with Crippen LogP contribution in [0, 0.1) is 0 Å². The largest absolute Gasteiger partial charge is 0.463 e. The van der Waals surface area contributed by atoms with E-state index in [0.29, 0.717) is 12.2 Å². The number of anilines is 1. The summed E-state index contributed by atoms with van der Waals surface area (Å²) in [4.78, 5) is 17.8. The molecule has 0 spiro atoms. The van der Waals surface area contributed by atoms with Crippen molar-refractivity contribution < 1.29 is 9.53 Å². The average molecular weight is 440 g/mol. The lowest BCUT2D eigenvalue weighted by molar-refractivity contribution is -0.139. The summed E-state index contributed by atoms with van der Waals surface area (Å²) < 4.78 is 8.53. The first-order valence-electron chi connectivity index (χ1n) is 9.53. The highest BCUT2D eigenvalue weighted by molar-refractivity contribution is 9.10. The Labute approximate surface area is 172 Å². The van der Waals surface area contributed by atoms with Crippen LogP contribution in [0.15, 0.2) is 64.3 Å². The lowest BCUT2D eigenvalue weighted by atomic mass is 9.93. The number of para-hydroxylation sites is 2. The van der Waals surface area contributed by atoms with E-state index in [9.17, 15) is 4.79 Å². The molecule has 0 aliphatic carbocycles. The lowest BCUT2D eigenvalue weighted by Crippen LogP contribution is -2.29. The molecule has 2 heterocycles. The molecule has 0 unspecified atom stereocenters. The molecule has 28 heavy (non-hydrogen) atoms. The van der Waals surface area contributed by atoms with Crippen LogP contribution in [-0.4, -0.2) is 22.1 Å². The van der Waals surface area contributed by atoms with Gasteiger partial charge in [0.2, 0.25) is 5.95 Å². The molecule has 2 aromatic carbocycles. The van der Waals surface area contributed by atoms with E-state index in [1.54, 1.807) is 0 Å². The van der Waals surface area contributed by atoms with Crippen LogP contribution in [0.1, 0.15) is 38.3 Å². The van der Waals surface area contributed by atoms with Crippen LogP contribution in [-0.2, 0) is 9.53 Å². The zero-order valence-corrected chi connectivity index (χ0v) is 17.5. The van der Waals surface area contributed by atoms with Gasteiger partial charge in [-0.1, -0.05) is 53.5 Å². The Hall–Kier alpha value is -2.60. The topological polar surface area (TPSA) is 56.2 Å². The molecule has 0 amide bonds. The number of benzene rings is 2. The molecule has 6 heteroatoms. The van der Waals surface area contributed by atoms with Gasteiger partial charge in [-0.15, -0.1) is 0 Å². The van der Waals surface area contributed by atoms with Crippen molar-refractivity contribution in [1.29, 1.82) is 0 Å². The van der Waals surface area contributed by atoms with Crippen LogP contribution in [0.25, 0.3) is 11.0 Å². The predicted octanol–water partition coefficient (Wildman–Crippen LogP) is 5.43. The summed E-state index contributed by atoms with van der Waals surface area (Å²) in [6.45, 7) is 4.27. The van der Waals surface area contributed by atoms with E-state index in [4.69, 9.17) is 9.72 Å². The molecule has 3 aromatic rings. The van der Waals surface area contributed by atoms with E-state index in [-0.39, 0.29) is 12.0 Å². The number of fused-ring (bicyclic) bond motifs is 3. The Kier molecular flexibility index (Phi) is 5.22. The average Bonchev–Trinajstić information content (AvgIpc) is 3.05. The Morgan fingerprint density at radius 1 is 1.21 bits per heavy atom. The standard InChI is InChI=1S/C22H22BrN3O2/c1-3-8-17-19(21(27)28-4-2)20(14-9-7-10-15(23)13-14)26-18-12-6-5-11-16(18)24-22(26)25-17/h5-7,9-13,20H,3-4,8H2,1-2H3,(H,24,25)/t20-/m0/s1. The van der Waals surface area contributed by atoms with Crippen molar-refractivity contribution in [3.8, 4) is 0 Å².